The van der Waals surface area contributed by atoms with Crippen LogP contribution in [0.3, 0.4) is 0 Å². The molecule has 1 aliphatic carbocycles. The Morgan fingerprint density at radius 1 is 0.828 bits per heavy atom. The van der Waals surface area contributed by atoms with Gasteiger partial charge in [0.15, 0.2) is 0 Å². The van der Waals surface area contributed by atoms with Crippen LogP contribution in [-0.2, 0) is 10.0 Å². The van der Waals surface area contributed by atoms with E-state index in [2.05, 4.69) is 10.0 Å². The molecule has 29 heavy (non-hydrogen) atoms. The van der Waals surface area contributed by atoms with E-state index < -0.39 is 10.0 Å². The summed E-state index contributed by atoms with van der Waals surface area (Å²) in [5.41, 5.74) is 2.21. The molecule has 4 rings (SSSR count). The van der Waals surface area contributed by atoms with Crippen LogP contribution in [0.15, 0.2) is 89.8 Å². The van der Waals surface area contributed by atoms with E-state index in [1.54, 1.807) is 12.1 Å². The minimum Gasteiger partial charge on any atom is -0.341 e. The Labute approximate surface area is 170 Å². The molecule has 0 bridgehead atoms. The standard InChI is InChI=1S/C23H22N2O3S/c26-23(19-12-7-13-21(16-19)29(27,28)25-20-14-15-20)24-22(17-8-3-1-4-9-17)18-10-5-2-6-11-18/h1-13,16,20,22,25H,14-15H2,(H,24,26). The monoisotopic (exact) mass is 406 g/mol. The summed E-state index contributed by atoms with van der Waals surface area (Å²) in [6.45, 7) is 0. The van der Waals surface area contributed by atoms with Crippen LogP contribution in [0.2, 0.25) is 0 Å². The summed E-state index contributed by atoms with van der Waals surface area (Å²) in [6.07, 6.45) is 1.71. The van der Waals surface area contributed by atoms with Gasteiger partial charge in [0.05, 0.1) is 10.9 Å². The van der Waals surface area contributed by atoms with Crippen molar-refractivity contribution in [3.05, 3.63) is 102 Å². The Bertz CT molecular complexity index is 1060. The quantitative estimate of drug-likeness (QED) is 0.629. The molecule has 0 unspecified atom stereocenters. The number of nitrogens with one attached hydrogen (secondary N) is 2. The summed E-state index contributed by atoms with van der Waals surface area (Å²) in [6, 6.07) is 25.2. The predicted octanol–water partition coefficient (Wildman–Crippen LogP) is 3.65. The summed E-state index contributed by atoms with van der Waals surface area (Å²) >= 11 is 0. The molecule has 1 fully saturated rings. The summed E-state index contributed by atoms with van der Waals surface area (Å²) in [5.74, 6) is -0.328. The molecule has 3 aromatic rings. The van der Waals surface area contributed by atoms with Crippen LogP contribution in [0.1, 0.15) is 40.4 Å². The summed E-state index contributed by atoms with van der Waals surface area (Å²) in [7, 11) is -3.62. The lowest BCUT2D eigenvalue weighted by Gasteiger charge is -2.20. The fourth-order valence-corrected chi connectivity index (χ4v) is 4.51. The van der Waals surface area contributed by atoms with E-state index in [9.17, 15) is 13.2 Å². The Kier molecular flexibility index (Phi) is 5.47. The van der Waals surface area contributed by atoms with Crippen molar-refractivity contribution in [3.8, 4) is 0 Å². The first-order valence-corrected chi connectivity index (χ1v) is 11.0. The number of hydrogen-bond donors (Lipinski definition) is 2. The Balaban J connectivity index is 1.60. The van der Waals surface area contributed by atoms with Crippen molar-refractivity contribution in [1.82, 2.24) is 10.0 Å². The molecule has 2 N–H and O–H groups in total. The minimum absolute atomic E-state index is 0.0121. The van der Waals surface area contributed by atoms with Crippen molar-refractivity contribution < 1.29 is 13.2 Å². The van der Waals surface area contributed by atoms with E-state index >= 15 is 0 Å². The van der Waals surface area contributed by atoms with Crippen molar-refractivity contribution in [1.29, 1.82) is 0 Å². The van der Waals surface area contributed by atoms with Gasteiger partial charge in [-0.2, -0.15) is 0 Å². The molecular formula is C23H22N2O3S. The van der Waals surface area contributed by atoms with Gasteiger partial charge in [-0.3, -0.25) is 4.79 Å². The summed E-state index contributed by atoms with van der Waals surface area (Å²) < 4.78 is 27.6. The highest BCUT2D eigenvalue weighted by atomic mass is 32.2. The van der Waals surface area contributed by atoms with Gasteiger partial charge < -0.3 is 5.32 Å². The van der Waals surface area contributed by atoms with Gasteiger partial charge in [0.1, 0.15) is 0 Å². The van der Waals surface area contributed by atoms with E-state index in [0.717, 1.165) is 24.0 Å². The number of carbonyl (C=O) groups excluding carboxylic acids is 1. The van der Waals surface area contributed by atoms with Crippen LogP contribution >= 0.6 is 0 Å². The smallest absolute Gasteiger partial charge is 0.252 e. The number of hydrogen-bond acceptors (Lipinski definition) is 3. The lowest BCUT2D eigenvalue weighted by atomic mass is 9.98. The van der Waals surface area contributed by atoms with Gasteiger partial charge in [0, 0.05) is 11.6 Å². The zero-order valence-corrected chi connectivity index (χ0v) is 16.6. The highest BCUT2D eigenvalue weighted by Crippen LogP contribution is 2.24. The molecule has 6 heteroatoms. The molecule has 1 aliphatic rings. The van der Waals surface area contributed by atoms with Gasteiger partial charge in [-0.25, -0.2) is 13.1 Å². The van der Waals surface area contributed by atoms with Gasteiger partial charge in [-0.1, -0.05) is 66.7 Å². The molecule has 1 amide bonds. The third kappa shape index (κ3) is 4.72. The lowest BCUT2D eigenvalue weighted by molar-refractivity contribution is 0.0942. The van der Waals surface area contributed by atoms with Crippen LogP contribution in [0.25, 0.3) is 0 Å². The highest BCUT2D eigenvalue weighted by molar-refractivity contribution is 7.89. The van der Waals surface area contributed by atoms with E-state index in [1.165, 1.54) is 12.1 Å². The molecule has 0 aliphatic heterocycles. The maximum absolute atomic E-state index is 13.0. The van der Waals surface area contributed by atoms with Crippen LogP contribution in [0.4, 0.5) is 0 Å². The fourth-order valence-electron chi connectivity index (χ4n) is 3.16. The molecule has 3 aromatic carbocycles. The van der Waals surface area contributed by atoms with Gasteiger partial charge >= 0.3 is 0 Å². The van der Waals surface area contributed by atoms with Gasteiger partial charge in [0.25, 0.3) is 5.91 Å². The topological polar surface area (TPSA) is 75.3 Å². The van der Waals surface area contributed by atoms with Crippen molar-refractivity contribution in [2.24, 2.45) is 0 Å². The molecule has 1 saturated carbocycles. The molecular weight excluding hydrogens is 384 g/mol. The minimum atomic E-state index is -3.62. The Morgan fingerprint density at radius 2 is 1.41 bits per heavy atom. The third-order valence-electron chi connectivity index (χ3n) is 4.85. The average molecular weight is 407 g/mol. The first-order chi connectivity index (χ1) is 14.0. The molecule has 0 spiro atoms. The summed E-state index contributed by atoms with van der Waals surface area (Å²) in [4.78, 5) is 13.1. The van der Waals surface area contributed by atoms with E-state index in [0.29, 0.717) is 5.56 Å². The van der Waals surface area contributed by atoms with Crippen LogP contribution in [0, 0.1) is 0 Å². The molecule has 0 radical (unpaired) electrons. The largest absolute Gasteiger partial charge is 0.341 e. The third-order valence-corrected chi connectivity index (χ3v) is 6.37. The first-order valence-electron chi connectivity index (χ1n) is 9.56. The molecule has 0 aromatic heterocycles. The van der Waals surface area contributed by atoms with Gasteiger partial charge in [-0.05, 0) is 42.2 Å². The molecule has 0 heterocycles. The second kappa shape index (κ2) is 8.19. The van der Waals surface area contributed by atoms with Crippen molar-refractivity contribution in [3.63, 3.8) is 0 Å². The van der Waals surface area contributed by atoms with E-state index in [4.69, 9.17) is 0 Å². The SMILES string of the molecule is O=C(NC(c1ccccc1)c1ccccc1)c1cccc(S(=O)(=O)NC2CC2)c1. The van der Waals surface area contributed by atoms with Crippen molar-refractivity contribution >= 4 is 15.9 Å². The normalized spacial score (nSPS) is 14.0. The van der Waals surface area contributed by atoms with Crippen molar-refractivity contribution in [2.45, 2.75) is 29.8 Å². The van der Waals surface area contributed by atoms with Crippen LogP contribution in [-0.4, -0.2) is 20.4 Å². The van der Waals surface area contributed by atoms with E-state index in [1.807, 2.05) is 60.7 Å². The second-order valence-corrected chi connectivity index (χ2v) is 8.87. The zero-order chi connectivity index (χ0) is 20.3. The highest BCUT2D eigenvalue weighted by Gasteiger charge is 2.28. The predicted molar refractivity (Wildman–Crippen MR) is 112 cm³/mol. The second-order valence-electron chi connectivity index (χ2n) is 7.15. The lowest BCUT2D eigenvalue weighted by Crippen LogP contribution is -2.30. The van der Waals surface area contributed by atoms with Crippen LogP contribution < -0.4 is 10.0 Å². The summed E-state index contributed by atoms with van der Waals surface area (Å²) in [5, 5.41) is 3.04. The number of amides is 1. The Morgan fingerprint density at radius 3 is 1.97 bits per heavy atom. The number of sulfonamides is 1. The first kappa shape index (κ1) is 19.4. The number of benzene rings is 3. The average Bonchev–Trinajstić information content (AvgIpc) is 3.56. The van der Waals surface area contributed by atoms with Crippen LogP contribution in [0.5, 0.6) is 0 Å². The van der Waals surface area contributed by atoms with Gasteiger partial charge in [-0.15, -0.1) is 0 Å². The number of rotatable bonds is 7. The maximum Gasteiger partial charge on any atom is 0.252 e. The molecule has 148 valence electrons. The Hall–Kier alpha value is -2.96. The van der Waals surface area contributed by atoms with E-state index in [-0.39, 0.29) is 22.9 Å². The molecule has 0 atom stereocenters. The van der Waals surface area contributed by atoms with Crippen molar-refractivity contribution in [2.75, 3.05) is 0 Å². The molecule has 0 saturated heterocycles. The number of carbonyl (C=O) groups is 1. The molecule has 5 nitrogen and oxygen atoms in total. The zero-order valence-electron chi connectivity index (χ0n) is 15.8. The van der Waals surface area contributed by atoms with Gasteiger partial charge in [0.2, 0.25) is 10.0 Å². The fraction of sp³-hybridized carbons (Fsp3) is 0.174. The maximum atomic E-state index is 13.0.